The van der Waals surface area contributed by atoms with Crippen molar-refractivity contribution in [2.45, 2.75) is 31.5 Å². The predicted octanol–water partition coefficient (Wildman–Crippen LogP) is 1.12. The van der Waals surface area contributed by atoms with E-state index < -0.39 is 0 Å². The highest BCUT2D eigenvalue weighted by Crippen LogP contribution is 2.65. The summed E-state index contributed by atoms with van der Waals surface area (Å²) in [5, 5.41) is 0. The third kappa shape index (κ3) is 1.01. The molecule has 76 valence electrons. The third-order valence-electron chi connectivity index (χ3n) is 4.09. The lowest BCUT2D eigenvalue weighted by Crippen LogP contribution is -2.65. The Morgan fingerprint density at radius 1 is 1.23 bits per heavy atom. The van der Waals surface area contributed by atoms with Crippen molar-refractivity contribution in [3.63, 3.8) is 0 Å². The molecule has 2 fully saturated rings. The van der Waals surface area contributed by atoms with E-state index in [1.54, 1.807) is 14.2 Å². The number of rotatable bonds is 3. The molecular weight excluding hydrogens is 166 g/mol. The Balaban J connectivity index is 2.02. The summed E-state index contributed by atoms with van der Waals surface area (Å²) in [5.74, 6) is 0.420. The lowest BCUT2D eigenvalue weighted by Gasteiger charge is -2.64. The molecule has 13 heavy (non-hydrogen) atoms. The SMILES string of the molecule is COC1(OC)CCC12CC(CN)C2. The first-order valence-corrected chi connectivity index (χ1v) is 5.02. The highest BCUT2D eigenvalue weighted by molar-refractivity contribution is 5.10. The van der Waals surface area contributed by atoms with Gasteiger partial charge in [0.15, 0.2) is 5.79 Å². The maximum absolute atomic E-state index is 5.62. The molecule has 0 amide bonds. The maximum atomic E-state index is 5.62. The van der Waals surface area contributed by atoms with Crippen molar-refractivity contribution >= 4 is 0 Å². The van der Waals surface area contributed by atoms with Crippen LogP contribution in [-0.2, 0) is 9.47 Å². The van der Waals surface area contributed by atoms with Gasteiger partial charge in [-0.05, 0) is 31.7 Å². The quantitative estimate of drug-likeness (QED) is 0.670. The molecule has 3 heteroatoms. The number of hydrogen-bond acceptors (Lipinski definition) is 3. The molecule has 2 aliphatic carbocycles. The van der Waals surface area contributed by atoms with Crippen molar-refractivity contribution in [1.82, 2.24) is 0 Å². The lowest BCUT2D eigenvalue weighted by molar-refractivity contribution is -0.359. The molecule has 0 heterocycles. The minimum Gasteiger partial charge on any atom is -0.353 e. The first-order valence-electron chi connectivity index (χ1n) is 5.02. The summed E-state index contributed by atoms with van der Waals surface area (Å²) in [5.41, 5.74) is 5.93. The Kier molecular flexibility index (Phi) is 2.13. The van der Waals surface area contributed by atoms with Gasteiger partial charge in [-0.2, -0.15) is 0 Å². The molecular formula is C10H19NO2. The Labute approximate surface area is 79.6 Å². The van der Waals surface area contributed by atoms with Crippen LogP contribution in [0.2, 0.25) is 0 Å². The highest BCUT2D eigenvalue weighted by Gasteiger charge is 2.65. The van der Waals surface area contributed by atoms with Gasteiger partial charge in [-0.25, -0.2) is 0 Å². The standard InChI is InChI=1S/C10H19NO2/c1-12-10(13-2)4-3-9(10)5-8(6-9)7-11/h8H,3-7,11H2,1-2H3. The number of methoxy groups -OCH3 is 2. The zero-order valence-corrected chi connectivity index (χ0v) is 8.51. The minimum absolute atomic E-state index is 0.279. The monoisotopic (exact) mass is 185 g/mol. The summed E-state index contributed by atoms with van der Waals surface area (Å²) in [6.45, 7) is 0.811. The van der Waals surface area contributed by atoms with Gasteiger partial charge in [0.2, 0.25) is 0 Å². The van der Waals surface area contributed by atoms with E-state index in [4.69, 9.17) is 15.2 Å². The van der Waals surface area contributed by atoms with Crippen LogP contribution in [0.1, 0.15) is 25.7 Å². The van der Waals surface area contributed by atoms with Crippen molar-refractivity contribution < 1.29 is 9.47 Å². The van der Waals surface area contributed by atoms with Crippen LogP contribution in [-0.4, -0.2) is 26.6 Å². The van der Waals surface area contributed by atoms with Crippen LogP contribution < -0.4 is 5.73 Å². The molecule has 0 aromatic carbocycles. The lowest BCUT2D eigenvalue weighted by atomic mass is 9.48. The Morgan fingerprint density at radius 3 is 2.15 bits per heavy atom. The van der Waals surface area contributed by atoms with E-state index in [0.717, 1.165) is 13.0 Å². The fraction of sp³-hybridized carbons (Fsp3) is 1.00. The van der Waals surface area contributed by atoms with Gasteiger partial charge in [0.1, 0.15) is 0 Å². The molecule has 0 unspecified atom stereocenters. The Hall–Kier alpha value is -0.120. The van der Waals surface area contributed by atoms with Gasteiger partial charge >= 0.3 is 0 Å². The van der Waals surface area contributed by atoms with Gasteiger partial charge in [-0.15, -0.1) is 0 Å². The molecule has 0 saturated heterocycles. The fourth-order valence-corrected chi connectivity index (χ4v) is 3.13. The second kappa shape index (κ2) is 2.94. The molecule has 0 atom stereocenters. The summed E-state index contributed by atoms with van der Waals surface area (Å²) in [4.78, 5) is 0. The topological polar surface area (TPSA) is 44.5 Å². The molecule has 2 saturated carbocycles. The van der Waals surface area contributed by atoms with Crippen molar-refractivity contribution in [2.75, 3.05) is 20.8 Å². The average molecular weight is 185 g/mol. The van der Waals surface area contributed by atoms with Crippen LogP contribution in [0.5, 0.6) is 0 Å². The molecule has 0 radical (unpaired) electrons. The predicted molar refractivity (Wildman–Crippen MR) is 50.2 cm³/mol. The van der Waals surface area contributed by atoms with Crippen molar-refractivity contribution in [1.29, 1.82) is 0 Å². The first-order chi connectivity index (χ1) is 6.22. The largest absolute Gasteiger partial charge is 0.353 e. The van der Waals surface area contributed by atoms with Crippen LogP contribution in [0.15, 0.2) is 0 Å². The molecule has 0 aromatic heterocycles. The van der Waals surface area contributed by atoms with E-state index >= 15 is 0 Å². The van der Waals surface area contributed by atoms with Gasteiger partial charge in [0, 0.05) is 26.1 Å². The molecule has 2 rings (SSSR count). The number of nitrogens with two attached hydrogens (primary N) is 1. The molecule has 1 spiro atoms. The van der Waals surface area contributed by atoms with Crippen LogP contribution in [0.25, 0.3) is 0 Å². The van der Waals surface area contributed by atoms with E-state index in [1.807, 2.05) is 0 Å². The van der Waals surface area contributed by atoms with E-state index in [0.29, 0.717) is 11.3 Å². The van der Waals surface area contributed by atoms with Crippen molar-refractivity contribution in [3.8, 4) is 0 Å². The van der Waals surface area contributed by atoms with E-state index in [2.05, 4.69) is 0 Å². The molecule has 2 aliphatic rings. The van der Waals surface area contributed by atoms with Crippen LogP contribution in [0, 0.1) is 11.3 Å². The molecule has 0 bridgehead atoms. The van der Waals surface area contributed by atoms with Gasteiger partial charge in [0.25, 0.3) is 0 Å². The zero-order valence-electron chi connectivity index (χ0n) is 8.51. The fourth-order valence-electron chi connectivity index (χ4n) is 3.13. The normalized spacial score (nSPS) is 41.3. The van der Waals surface area contributed by atoms with Gasteiger partial charge in [-0.3, -0.25) is 0 Å². The second-order valence-electron chi connectivity index (χ2n) is 4.45. The second-order valence-corrected chi connectivity index (χ2v) is 4.45. The summed E-state index contributed by atoms with van der Waals surface area (Å²) in [6, 6.07) is 0. The molecule has 3 nitrogen and oxygen atoms in total. The van der Waals surface area contributed by atoms with Gasteiger partial charge in [0.05, 0.1) is 0 Å². The minimum atomic E-state index is -0.279. The third-order valence-corrected chi connectivity index (χ3v) is 4.09. The zero-order chi connectivity index (χ0) is 9.53. The van der Waals surface area contributed by atoms with E-state index in [-0.39, 0.29) is 5.79 Å². The Bertz CT molecular complexity index is 190. The smallest absolute Gasteiger partial charge is 0.173 e. The summed E-state index contributed by atoms with van der Waals surface area (Å²) in [6.07, 6.45) is 4.65. The molecule has 0 aliphatic heterocycles. The maximum Gasteiger partial charge on any atom is 0.173 e. The van der Waals surface area contributed by atoms with Crippen molar-refractivity contribution in [3.05, 3.63) is 0 Å². The molecule has 0 aromatic rings. The van der Waals surface area contributed by atoms with E-state index in [1.165, 1.54) is 19.3 Å². The van der Waals surface area contributed by atoms with Crippen LogP contribution in [0.3, 0.4) is 0 Å². The van der Waals surface area contributed by atoms with Crippen LogP contribution >= 0.6 is 0 Å². The highest BCUT2D eigenvalue weighted by atomic mass is 16.7. The number of ether oxygens (including phenoxy) is 2. The summed E-state index contributed by atoms with van der Waals surface area (Å²) in [7, 11) is 3.50. The summed E-state index contributed by atoms with van der Waals surface area (Å²) >= 11 is 0. The van der Waals surface area contributed by atoms with Crippen molar-refractivity contribution in [2.24, 2.45) is 17.1 Å². The Morgan fingerprint density at radius 2 is 1.85 bits per heavy atom. The molecule has 2 N–H and O–H groups in total. The summed E-state index contributed by atoms with van der Waals surface area (Å²) < 4.78 is 11.0. The van der Waals surface area contributed by atoms with Gasteiger partial charge in [-0.1, -0.05) is 0 Å². The number of hydrogen-bond donors (Lipinski definition) is 1. The van der Waals surface area contributed by atoms with Crippen LogP contribution in [0.4, 0.5) is 0 Å². The average Bonchev–Trinajstić information content (AvgIpc) is 2.04. The van der Waals surface area contributed by atoms with E-state index in [9.17, 15) is 0 Å². The van der Waals surface area contributed by atoms with Gasteiger partial charge < -0.3 is 15.2 Å². The first kappa shape index (κ1) is 9.44.